The summed E-state index contributed by atoms with van der Waals surface area (Å²) >= 11 is 2.57. The van der Waals surface area contributed by atoms with Gasteiger partial charge in [-0.2, -0.15) is 5.10 Å². The minimum absolute atomic E-state index is 0.958. The van der Waals surface area contributed by atoms with Crippen LogP contribution in [0.4, 0.5) is 0 Å². The summed E-state index contributed by atoms with van der Waals surface area (Å²) in [5.74, 6) is 0. The van der Waals surface area contributed by atoms with Gasteiger partial charge in [0.15, 0.2) is 0 Å². The first-order valence-electron chi connectivity index (χ1n) is 2.91. The lowest BCUT2D eigenvalue weighted by atomic mass is 10.3. The van der Waals surface area contributed by atoms with Crippen molar-refractivity contribution in [2.24, 2.45) is 0 Å². The fourth-order valence-corrected chi connectivity index (χ4v) is 1.16. The van der Waals surface area contributed by atoms with Crippen LogP contribution >= 0.6 is 0 Å². The van der Waals surface area contributed by atoms with Gasteiger partial charge >= 0.3 is 0 Å². The lowest BCUT2D eigenvalue weighted by Crippen LogP contribution is -2.02. The van der Waals surface area contributed by atoms with Gasteiger partial charge < -0.3 is 5.10 Å². The van der Waals surface area contributed by atoms with Crippen molar-refractivity contribution in [3.63, 3.8) is 0 Å². The van der Waals surface area contributed by atoms with Gasteiger partial charge in [0.2, 0.25) is 16.3 Å². The first-order valence-corrected chi connectivity index (χ1v) is 3.49. The van der Waals surface area contributed by atoms with Gasteiger partial charge in [-0.15, -0.1) is 0 Å². The predicted octanol–water partition coefficient (Wildman–Crippen LogP) is -0.248. The summed E-state index contributed by atoms with van der Waals surface area (Å²) < 4.78 is 0.989. The highest BCUT2D eigenvalue weighted by atomic mass is 27.0. The third-order valence-corrected chi connectivity index (χ3v) is 1.83. The maximum absolute atomic E-state index is 4.03. The van der Waals surface area contributed by atoms with Crippen molar-refractivity contribution in [2.45, 2.75) is 0 Å². The van der Waals surface area contributed by atoms with Gasteiger partial charge in [-0.25, -0.2) is 0 Å². The molecule has 0 saturated carbocycles. The van der Waals surface area contributed by atoms with Crippen molar-refractivity contribution in [3.8, 4) is 0 Å². The third kappa shape index (κ3) is 0.738. The number of pyridine rings is 1. The van der Waals surface area contributed by atoms with Crippen LogP contribution in [0.3, 0.4) is 0 Å². The van der Waals surface area contributed by atoms with E-state index >= 15 is 0 Å². The SMILES string of the molecule is [Al][c]1[nH]nc2ccncc12. The van der Waals surface area contributed by atoms with Gasteiger partial charge in [-0.05, 0) is 6.07 Å². The first-order chi connectivity index (χ1) is 4.88. The zero-order chi connectivity index (χ0) is 6.97. The van der Waals surface area contributed by atoms with Crippen LogP contribution in [0.2, 0.25) is 0 Å². The van der Waals surface area contributed by atoms with Crippen LogP contribution in [0.1, 0.15) is 0 Å². The number of hydrogen-bond acceptors (Lipinski definition) is 2. The molecule has 2 aromatic rings. The second kappa shape index (κ2) is 2.08. The number of H-pyrrole nitrogens is 1. The zero-order valence-electron chi connectivity index (χ0n) is 5.20. The van der Waals surface area contributed by atoms with E-state index in [0.29, 0.717) is 0 Å². The van der Waals surface area contributed by atoms with Gasteiger partial charge in [0.05, 0.1) is 5.52 Å². The Morgan fingerprint density at radius 2 is 2.40 bits per heavy atom. The molecule has 0 aromatic carbocycles. The molecule has 2 radical (unpaired) electrons. The zero-order valence-corrected chi connectivity index (χ0v) is 6.36. The average Bonchev–Trinajstić information content (AvgIpc) is 2.34. The fourth-order valence-electron chi connectivity index (χ4n) is 0.873. The van der Waals surface area contributed by atoms with Crippen LogP contribution in [-0.2, 0) is 0 Å². The Bertz CT molecular complexity index is 355. The maximum atomic E-state index is 4.03. The monoisotopic (exact) mass is 145 g/mol. The Morgan fingerprint density at radius 3 is 3.20 bits per heavy atom. The van der Waals surface area contributed by atoms with Crippen LogP contribution in [0.5, 0.6) is 0 Å². The Balaban J connectivity index is 2.93. The molecule has 2 aromatic heterocycles. The summed E-state index contributed by atoms with van der Waals surface area (Å²) in [5.41, 5.74) is 0.958. The number of nitrogens with one attached hydrogen (secondary N) is 1. The van der Waals surface area contributed by atoms with Crippen molar-refractivity contribution in [2.75, 3.05) is 0 Å². The Labute approximate surface area is 65.9 Å². The van der Waals surface area contributed by atoms with Crippen molar-refractivity contribution in [3.05, 3.63) is 18.5 Å². The number of aromatic nitrogens is 3. The molecule has 0 saturated heterocycles. The Kier molecular flexibility index (Phi) is 1.23. The van der Waals surface area contributed by atoms with Crippen LogP contribution in [0.25, 0.3) is 10.9 Å². The second-order valence-corrected chi connectivity index (χ2v) is 2.61. The van der Waals surface area contributed by atoms with Crippen LogP contribution in [0.15, 0.2) is 18.5 Å². The van der Waals surface area contributed by atoms with E-state index in [9.17, 15) is 0 Å². The molecule has 0 spiro atoms. The molecule has 0 aliphatic heterocycles. The molecular weight excluding hydrogens is 141 g/mol. The molecule has 4 heteroatoms. The summed E-state index contributed by atoms with van der Waals surface area (Å²) in [6.45, 7) is 0. The van der Waals surface area contributed by atoms with E-state index in [1.54, 1.807) is 12.4 Å². The van der Waals surface area contributed by atoms with Crippen LogP contribution in [0, 0.1) is 0 Å². The van der Waals surface area contributed by atoms with E-state index in [2.05, 4.69) is 31.5 Å². The Morgan fingerprint density at radius 1 is 1.50 bits per heavy atom. The molecule has 0 unspecified atom stereocenters. The molecule has 2 rings (SSSR count). The topological polar surface area (TPSA) is 41.6 Å². The largest absolute Gasteiger partial charge is 0.301 e. The molecule has 3 nitrogen and oxygen atoms in total. The highest BCUT2D eigenvalue weighted by molar-refractivity contribution is 6.36. The van der Waals surface area contributed by atoms with E-state index in [0.717, 1.165) is 15.5 Å². The highest BCUT2D eigenvalue weighted by Crippen LogP contribution is 2.02. The average molecular weight is 145 g/mol. The van der Waals surface area contributed by atoms with E-state index < -0.39 is 0 Å². The number of aromatic amines is 1. The molecule has 0 aliphatic rings. The summed E-state index contributed by atoms with van der Waals surface area (Å²) in [6.07, 6.45) is 3.52. The fraction of sp³-hybridized carbons (Fsp3) is 0. The third-order valence-electron chi connectivity index (χ3n) is 1.39. The molecular formula is C6H4AlN3. The quantitative estimate of drug-likeness (QED) is 0.519. The molecule has 0 aliphatic carbocycles. The second-order valence-electron chi connectivity index (χ2n) is 2.03. The minimum atomic E-state index is 0.958. The molecule has 46 valence electrons. The van der Waals surface area contributed by atoms with E-state index in [-0.39, 0.29) is 0 Å². The Hall–Kier alpha value is -0.848. The molecule has 0 atom stereocenters. The number of hydrogen-bond donors (Lipinski definition) is 1. The summed E-state index contributed by atoms with van der Waals surface area (Å²) in [5, 5.41) is 7.94. The van der Waals surface area contributed by atoms with Gasteiger partial charge in [-0.3, -0.25) is 4.98 Å². The molecule has 0 amide bonds. The lowest BCUT2D eigenvalue weighted by molar-refractivity contribution is 1.14. The van der Waals surface area contributed by atoms with Crippen molar-refractivity contribution < 1.29 is 0 Å². The molecule has 10 heavy (non-hydrogen) atoms. The molecule has 0 bridgehead atoms. The van der Waals surface area contributed by atoms with E-state index in [1.165, 1.54) is 0 Å². The minimum Gasteiger partial charge on any atom is -0.301 e. The van der Waals surface area contributed by atoms with Crippen molar-refractivity contribution in [1.82, 2.24) is 15.2 Å². The van der Waals surface area contributed by atoms with Crippen LogP contribution in [-0.4, -0.2) is 31.5 Å². The van der Waals surface area contributed by atoms with Gasteiger partial charge in [0.1, 0.15) is 0 Å². The lowest BCUT2D eigenvalue weighted by Gasteiger charge is -1.85. The van der Waals surface area contributed by atoms with Gasteiger partial charge in [0, 0.05) is 17.8 Å². The van der Waals surface area contributed by atoms with Gasteiger partial charge in [0.25, 0.3) is 0 Å². The normalized spacial score (nSPS) is 10.4. The smallest absolute Gasteiger partial charge is 0.209 e. The summed E-state index contributed by atoms with van der Waals surface area (Å²) in [7, 11) is 0. The number of fused-ring (bicyclic) bond motifs is 1. The number of nitrogens with zero attached hydrogens (tertiary/aromatic N) is 2. The van der Waals surface area contributed by atoms with Crippen LogP contribution < -0.4 is 4.56 Å². The predicted molar refractivity (Wildman–Crippen MR) is 39.3 cm³/mol. The highest BCUT2D eigenvalue weighted by Gasteiger charge is 1.95. The molecule has 2 heterocycles. The summed E-state index contributed by atoms with van der Waals surface area (Å²) in [4.78, 5) is 3.97. The maximum Gasteiger partial charge on any atom is 0.209 e. The first kappa shape index (κ1) is 5.90. The molecule has 1 N–H and O–H groups in total. The number of rotatable bonds is 0. The summed E-state index contributed by atoms with van der Waals surface area (Å²) in [6, 6.07) is 1.87. The molecule has 0 fully saturated rings. The van der Waals surface area contributed by atoms with E-state index in [4.69, 9.17) is 0 Å². The standard InChI is InChI=1S/C6H4N3.Al/c1-2-7-3-5-4-8-9-6(1)5;/h1-3H,(H,8,9);. The van der Waals surface area contributed by atoms with E-state index in [1.807, 2.05) is 6.07 Å². The van der Waals surface area contributed by atoms with Gasteiger partial charge in [-0.1, -0.05) is 4.56 Å². The van der Waals surface area contributed by atoms with Crippen molar-refractivity contribution >= 4 is 31.7 Å². The van der Waals surface area contributed by atoms with Crippen molar-refractivity contribution in [1.29, 1.82) is 0 Å².